The zero-order valence-corrected chi connectivity index (χ0v) is 42.3. The first kappa shape index (κ1) is 60.0. The third-order valence-electron chi connectivity index (χ3n) is 7.64. The van der Waals surface area contributed by atoms with Crippen LogP contribution in [0.2, 0.25) is 0 Å². The fourth-order valence-electron chi connectivity index (χ4n) is 4.80. The SMILES string of the molecule is Cn1cc[n+](C)c1N=Nc1ccc(NCCC[N+](C)(C)CCCNc2ccc(N=Nc3n(C)cc[n+]3C)cc2)cc1.O=S(=O)([O-])OC(Cl)Cl.O=S(=O)([O-])OC(Cl)Cl.O=S(=O)([O-])OC(Cl)Cl. The number of hydrogen-bond donors (Lipinski definition) is 2. The Morgan fingerprint density at radius 1 is 0.585 bits per heavy atom. The lowest BCUT2D eigenvalue weighted by atomic mass is 10.2. The van der Waals surface area contributed by atoms with Crippen molar-refractivity contribution in [3.05, 3.63) is 73.3 Å². The molecule has 2 N–H and O–H groups in total. The van der Waals surface area contributed by atoms with Gasteiger partial charge in [-0.05, 0) is 48.5 Å². The van der Waals surface area contributed by atoms with Gasteiger partial charge in [0.1, 0.15) is 11.4 Å². The lowest BCUT2D eigenvalue weighted by molar-refractivity contribution is -0.890. The third-order valence-corrected chi connectivity index (χ3v) is 10.1. The summed E-state index contributed by atoms with van der Waals surface area (Å²) in [4.78, 5) is 0. The van der Waals surface area contributed by atoms with Crippen LogP contribution < -0.4 is 19.8 Å². The summed E-state index contributed by atoms with van der Waals surface area (Å²) < 4.78 is 104. The first-order valence-electron chi connectivity index (χ1n) is 18.1. The van der Waals surface area contributed by atoms with Crippen molar-refractivity contribution in [2.24, 2.45) is 48.6 Å². The number of halogens is 6. The Kier molecular flexibility index (Phi) is 26.8. The molecule has 0 radical (unpaired) electrons. The molecule has 0 spiro atoms. The van der Waals surface area contributed by atoms with Gasteiger partial charge in [-0.15, -0.1) is 0 Å². The van der Waals surface area contributed by atoms with E-state index in [1.807, 2.05) is 95.5 Å². The van der Waals surface area contributed by atoms with Gasteiger partial charge in [-0.2, -0.15) is 0 Å². The Hall–Kier alpha value is -3.03. The van der Waals surface area contributed by atoms with Gasteiger partial charge in [0.25, 0.3) is 0 Å². The van der Waals surface area contributed by atoms with Gasteiger partial charge in [0, 0.05) is 47.5 Å². The lowest BCUT2D eigenvalue weighted by Crippen LogP contribution is -2.42. The molecule has 0 amide bonds. The Balaban J connectivity index is 0.000000716. The third kappa shape index (κ3) is 30.1. The summed E-state index contributed by atoms with van der Waals surface area (Å²) in [6.45, 7) is 4.11. The zero-order chi connectivity index (χ0) is 49.6. The van der Waals surface area contributed by atoms with Crippen LogP contribution >= 0.6 is 69.6 Å². The molecule has 0 saturated heterocycles. The van der Waals surface area contributed by atoms with Crippen molar-refractivity contribution < 1.29 is 65.1 Å². The van der Waals surface area contributed by atoms with Crippen LogP contribution in [0.15, 0.2) is 93.8 Å². The summed E-state index contributed by atoms with van der Waals surface area (Å²) in [5.41, 5.74) is 3.87. The minimum Gasteiger partial charge on any atom is -0.725 e. The van der Waals surface area contributed by atoms with Crippen LogP contribution in [-0.4, -0.2) is 108 Å². The van der Waals surface area contributed by atoms with Crippen LogP contribution in [0.4, 0.5) is 34.6 Å². The molecule has 0 saturated carbocycles. The second-order valence-electron chi connectivity index (χ2n) is 13.4. The molecule has 0 aliphatic carbocycles. The predicted octanol–water partition coefficient (Wildman–Crippen LogP) is 5.90. The number of rotatable bonds is 20. The summed E-state index contributed by atoms with van der Waals surface area (Å²) in [5, 5.41) is 19.6. The Morgan fingerprint density at radius 2 is 0.877 bits per heavy atom. The minimum absolute atomic E-state index is 0.801. The van der Waals surface area contributed by atoms with Crippen LogP contribution in [0.1, 0.15) is 12.8 Å². The molecule has 2 aromatic heterocycles. The number of aryl methyl sites for hydroxylation is 4. The summed E-state index contributed by atoms with van der Waals surface area (Å²) in [6, 6.07) is 16.2. The van der Waals surface area contributed by atoms with Crippen molar-refractivity contribution in [2.45, 2.75) is 27.9 Å². The first-order valence-corrected chi connectivity index (χ1v) is 24.7. The molecule has 32 heteroatoms. The minimum atomic E-state index is -4.74. The van der Waals surface area contributed by atoms with Crippen LogP contribution in [-0.2, 0) is 71.9 Å². The van der Waals surface area contributed by atoms with E-state index < -0.39 is 46.3 Å². The highest BCUT2D eigenvalue weighted by molar-refractivity contribution is 7.81. The summed E-state index contributed by atoms with van der Waals surface area (Å²) in [5.74, 6) is 1.60. The maximum absolute atomic E-state index is 9.49. The Bertz CT molecular complexity index is 2190. The van der Waals surface area contributed by atoms with Gasteiger partial charge in [0.05, 0.1) is 80.2 Å². The average molecular weight is 1100 g/mol. The molecule has 0 fully saturated rings. The Morgan fingerprint density at radius 3 is 1.09 bits per heavy atom. The number of quaternary nitrogens is 1. The fraction of sp³-hybridized carbons (Fsp3) is 0.455. The normalized spacial score (nSPS) is 12.2. The highest BCUT2D eigenvalue weighted by Crippen LogP contribution is 2.20. The van der Waals surface area contributed by atoms with E-state index >= 15 is 0 Å². The largest absolute Gasteiger partial charge is 0.725 e. The number of anilines is 2. The molecule has 0 aliphatic rings. The first-order chi connectivity index (χ1) is 29.9. The van der Waals surface area contributed by atoms with Crippen LogP contribution in [0.3, 0.4) is 0 Å². The van der Waals surface area contributed by atoms with Gasteiger partial charge in [0.2, 0.25) is 46.3 Å². The van der Waals surface area contributed by atoms with E-state index in [-0.39, 0.29) is 0 Å². The second kappa shape index (κ2) is 29.0. The van der Waals surface area contributed by atoms with E-state index in [1.54, 1.807) is 0 Å². The van der Waals surface area contributed by atoms with Crippen molar-refractivity contribution >= 4 is 135 Å². The number of nitrogens with zero attached hydrogens (tertiary/aromatic N) is 9. The molecule has 2 aromatic carbocycles. The number of aromatic nitrogens is 4. The van der Waals surface area contributed by atoms with E-state index in [9.17, 15) is 38.9 Å². The molecule has 4 aromatic rings. The monoisotopic (exact) mass is 1100 g/mol. The lowest BCUT2D eigenvalue weighted by Gasteiger charge is -2.30. The number of azo groups is 2. The van der Waals surface area contributed by atoms with E-state index in [0.29, 0.717) is 0 Å². The predicted molar refractivity (Wildman–Crippen MR) is 241 cm³/mol. The van der Waals surface area contributed by atoms with E-state index in [2.05, 4.69) is 82.0 Å². The average Bonchev–Trinajstić information content (AvgIpc) is 3.65. The summed E-state index contributed by atoms with van der Waals surface area (Å²) in [6.07, 6.45) is 10.0. The number of imidazole rings is 2. The number of hydrogen-bond acceptors (Lipinski definition) is 18. The standard InChI is InChI=1S/C30H42N11.3CH2Cl2O4S/c1-37-19-20-38(2)29(37)35-33-27-13-9-25(10-14-27)31-17-7-23-41(5,6)24-8-18-32-26-11-15-28(16-12-26)34-36-30-39(3)21-22-40(30)4;3*2-1(3)7-8(4,5)6/h9-16,19-22H,7-8,17-18,23-24H2,1-6H3;3*1H,(H,4,5,6)/q+1;;;/p-1. The molecule has 2 heterocycles. The zero-order valence-electron chi connectivity index (χ0n) is 35.3. The molecule has 366 valence electrons. The van der Waals surface area contributed by atoms with Crippen molar-refractivity contribution in [3.63, 3.8) is 0 Å². The Labute approximate surface area is 407 Å². The molecule has 0 aliphatic heterocycles. The van der Waals surface area contributed by atoms with E-state index in [4.69, 9.17) is 69.6 Å². The highest BCUT2D eigenvalue weighted by atomic mass is 35.5. The topological polar surface area (TPSA) is 290 Å². The van der Waals surface area contributed by atoms with Crippen LogP contribution in [0, 0.1) is 0 Å². The van der Waals surface area contributed by atoms with Crippen molar-refractivity contribution in [1.29, 1.82) is 0 Å². The number of nitrogens with one attached hydrogen (secondary N) is 2. The van der Waals surface area contributed by atoms with Gasteiger partial charge >= 0.3 is 11.9 Å². The van der Waals surface area contributed by atoms with Crippen LogP contribution in [0.5, 0.6) is 0 Å². The van der Waals surface area contributed by atoms with Gasteiger partial charge < -0.3 is 28.8 Å². The van der Waals surface area contributed by atoms with Gasteiger partial charge in [-0.3, -0.25) is 0 Å². The fourth-order valence-corrected chi connectivity index (χ4v) is 6.94. The molecule has 23 nitrogen and oxygen atoms in total. The molecule has 65 heavy (non-hydrogen) atoms. The highest BCUT2D eigenvalue weighted by Gasteiger charge is 2.15. The van der Waals surface area contributed by atoms with Crippen molar-refractivity contribution in [3.8, 4) is 0 Å². The van der Waals surface area contributed by atoms with Crippen molar-refractivity contribution in [2.75, 3.05) is 50.9 Å². The maximum Gasteiger partial charge on any atom is 0.421 e. The summed E-state index contributed by atoms with van der Waals surface area (Å²) >= 11 is 28.4. The second-order valence-corrected chi connectivity index (χ2v) is 19.4. The number of benzene rings is 2. The molecule has 0 bridgehead atoms. The smallest absolute Gasteiger partial charge is 0.421 e. The molecule has 4 rings (SSSR count). The van der Waals surface area contributed by atoms with Gasteiger partial charge in [-0.25, -0.2) is 56.1 Å². The van der Waals surface area contributed by atoms with Gasteiger partial charge in [0.15, 0.2) is 0 Å². The molecule has 0 atom stereocenters. The van der Waals surface area contributed by atoms with Crippen LogP contribution in [0.25, 0.3) is 0 Å². The maximum atomic E-state index is 9.49. The number of alkyl halides is 6. The molecular weight excluding hydrogens is 1050 g/mol. The van der Waals surface area contributed by atoms with E-state index in [1.165, 1.54) is 0 Å². The van der Waals surface area contributed by atoms with Gasteiger partial charge in [-0.1, -0.05) is 79.8 Å². The molecular formula is C33H47Cl6N11O12S3. The molecule has 0 unspecified atom stereocenters. The quantitative estimate of drug-likeness (QED) is 0.0198. The van der Waals surface area contributed by atoms with Crippen molar-refractivity contribution in [1.82, 2.24) is 9.13 Å². The summed E-state index contributed by atoms with van der Waals surface area (Å²) in [7, 11) is -1.77. The van der Waals surface area contributed by atoms with E-state index in [0.717, 1.165) is 78.1 Å².